The van der Waals surface area contributed by atoms with Crippen molar-refractivity contribution in [1.29, 1.82) is 0 Å². The minimum atomic E-state index is 0. The normalized spacial score (nSPS) is 14.3. The van der Waals surface area contributed by atoms with E-state index in [4.69, 9.17) is 4.74 Å². The molecule has 1 aliphatic carbocycles. The van der Waals surface area contributed by atoms with Gasteiger partial charge >= 0.3 is 0 Å². The van der Waals surface area contributed by atoms with Crippen LogP contribution in [0.3, 0.4) is 0 Å². The number of nitrogens with zero attached hydrogens (tertiary/aromatic N) is 1. The van der Waals surface area contributed by atoms with Crippen molar-refractivity contribution >= 4 is 29.9 Å². The molecule has 6 heteroatoms. The number of halogens is 1. The van der Waals surface area contributed by atoms with Crippen molar-refractivity contribution < 1.29 is 9.84 Å². The van der Waals surface area contributed by atoms with E-state index in [2.05, 4.69) is 15.6 Å². The number of methoxy groups -OCH3 is 1. The zero-order valence-electron chi connectivity index (χ0n) is 12.6. The summed E-state index contributed by atoms with van der Waals surface area (Å²) in [6.07, 6.45) is 2.64. The summed E-state index contributed by atoms with van der Waals surface area (Å²) in [4.78, 5) is 4.52. The van der Waals surface area contributed by atoms with Gasteiger partial charge in [0.1, 0.15) is 0 Å². The third-order valence-corrected chi connectivity index (χ3v) is 3.26. The lowest BCUT2D eigenvalue weighted by atomic mass is 10.2. The number of ether oxygens (including phenoxy) is 1. The van der Waals surface area contributed by atoms with Crippen LogP contribution in [0.5, 0.6) is 11.5 Å². The molecule has 0 aliphatic heterocycles. The molecular formula is C15H24IN3O2. The van der Waals surface area contributed by atoms with E-state index in [9.17, 15) is 5.11 Å². The van der Waals surface area contributed by atoms with E-state index in [1.165, 1.54) is 20.0 Å². The number of nitrogens with one attached hydrogen (secondary N) is 2. The number of aromatic hydroxyl groups is 1. The summed E-state index contributed by atoms with van der Waals surface area (Å²) in [5.74, 6) is 2.27. The van der Waals surface area contributed by atoms with Crippen molar-refractivity contribution in [3.05, 3.63) is 23.8 Å². The number of benzene rings is 1. The van der Waals surface area contributed by atoms with Gasteiger partial charge < -0.3 is 20.5 Å². The zero-order valence-corrected chi connectivity index (χ0v) is 14.9. The molecule has 1 aromatic rings. The first-order chi connectivity index (χ1) is 9.72. The van der Waals surface area contributed by atoms with Crippen LogP contribution in [0, 0.1) is 5.92 Å². The predicted octanol–water partition coefficient (Wildman–Crippen LogP) is 2.48. The summed E-state index contributed by atoms with van der Waals surface area (Å²) in [6, 6.07) is 5.35. The molecule has 0 spiro atoms. The van der Waals surface area contributed by atoms with Gasteiger partial charge in [0.05, 0.1) is 13.7 Å². The van der Waals surface area contributed by atoms with Crippen molar-refractivity contribution in [3.8, 4) is 11.5 Å². The number of phenols is 1. The van der Waals surface area contributed by atoms with Gasteiger partial charge in [0.25, 0.3) is 0 Å². The summed E-state index contributed by atoms with van der Waals surface area (Å²) >= 11 is 0. The summed E-state index contributed by atoms with van der Waals surface area (Å²) in [5, 5.41) is 16.3. The maximum Gasteiger partial charge on any atom is 0.191 e. The van der Waals surface area contributed by atoms with Crippen LogP contribution < -0.4 is 15.4 Å². The molecule has 0 bridgehead atoms. The summed E-state index contributed by atoms with van der Waals surface area (Å²) in [5.41, 5.74) is 0.951. The molecule has 1 fully saturated rings. The van der Waals surface area contributed by atoms with Gasteiger partial charge in [0.15, 0.2) is 17.5 Å². The monoisotopic (exact) mass is 405 g/mol. The van der Waals surface area contributed by atoms with Gasteiger partial charge in [-0.15, -0.1) is 24.0 Å². The smallest absolute Gasteiger partial charge is 0.191 e. The van der Waals surface area contributed by atoms with Crippen molar-refractivity contribution in [2.45, 2.75) is 26.3 Å². The zero-order chi connectivity index (χ0) is 14.4. The van der Waals surface area contributed by atoms with E-state index in [0.29, 0.717) is 12.3 Å². The van der Waals surface area contributed by atoms with E-state index in [1.807, 2.05) is 13.0 Å². The van der Waals surface area contributed by atoms with Gasteiger partial charge in [0, 0.05) is 13.1 Å². The van der Waals surface area contributed by atoms with Crippen LogP contribution >= 0.6 is 24.0 Å². The lowest BCUT2D eigenvalue weighted by molar-refractivity contribution is 0.373. The Bertz CT molecular complexity index is 476. The van der Waals surface area contributed by atoms with Crippen LogP contribution in [0.25, 0.3) is 0 Å². The number of aliphatic imine (C=N–C) groups is 1. The first-order valence-electron chi connectivity index (χ1n) is 7.11. The highest BCUT2D eigenvalue weighted by molar-refractivity contribution is 14.0. The minimum Gasteiger partial charge on any atom is -0.504 e. The summed E-state index contributed by atoms with van der Waals surface area (Å²) in [6.45, 7) is 4.40. The maximum atomic E-state index is 9.74. The van der Waals surface area contributed by atoms with E-state index in [-0.39, 0.29) is 29.7 Å². The van der Waals surface area contributed by atoms with Gasteiger partial charge in [-0.05, 0) is 43.4 Å². The fourth-order valence-electron chi connectivity index (χ4n) is 1.91. The largest absolute Gasteiger partial charge is 0.504 e. The highest BCUT2D eigenvalue weighted by Gasteiger charge is 2.20. The Balaban J connectivity index is 0.00000220. The quantitative estimate of drug-likeness (QED) is 0.387. The molecule has 1 aromatic carbocycles. The first-order valence-corrected chi connectivity index (χ1v) is 7.11. The Kier molecular flexibility index (Phi) is 7.63. The van der Waals surface area contributed by atoms with E-state index in [1.54, 1.807) is 12.1 Å². The molecule has 3 N–H and O–H groups in total. The van der Waals surface area contributed by atoms with E-state index in [0.717, 1.165) is 30.5 Å². The summed E-state index contributed by atoms with van der Waals surface area (Å²) in [7, 11) is 1.54. The van der Waals surface area contributed by atoms with Crippen LogP contribution in [0.1, 0.15) is 25.3 Å². The van der Waals surface area contributed by atoms with Gasteiger partial charge in [-0.2, -0.15) is 0 Å². The molecule has 1 saturated carbocycles. The Hall–Kier alpha value is -1.18. The highest BCUT2D eigenvalue weighted by atomic mass is 127. The molecule has 0 amide bonds. The van der Waals surface area contributed by atoms with Gasteiger partial charge in [-0.3, -0.25) is 0 Å². The Morgan fingerprint density at radius 2 is 2.14 bits per heavy atom. The summed E-state index contributed by atoms with van der Waals surface area (Å²) < 4.78 is 5.03. The maximum absolute atomic E-state index is 9.74. The van der Waals surface area contributed by atoms with Crippen molar-refractivity contribution in [2.75, 3.05) is 20.2 Å². The van der Waals surface area contributed by atoms with Crippen molar-refractivity contribution in [2.24, 2.45) is 10.9 Å². The third kappa shape index (κ3) is 5.99. The molecular weight excluding hydrogens is 381 g/mol. The third-order valence-electron chi connectivity index (χ3n) is 3.26. The molecule has 21 heavy (non-hydrogen) atoms. The van der Waals surface area contributed by atoms with Crippen LogP contribution in [-0.4, -0.2) is 31.3 Å². The molecule has 5 nitrogen and oxygen atoms in total. The minimum absolute atomic E-state index is 0. The fourth-order valence-corrected chi connectivity index (χ4v) is 1.91. The van der Waals surface area contributed by atoms with Crippen molar-refractivity contribution in [1.82, 2.24) is 10.6 Å². The first kappa shape index (κ1) is 17.9. The van der Waals surface area contributed by atoms with Crippen LogP contribution in [0.2, 0.25) is 0 Å². The second-order valence-corrected chi connectivity index (χ2v) is 5.03. The molecule has 0 atom stereocenters. The molecule has 0 radical (unpaired) electrons. The SMILES string of the molecule is CCNC(=NCc1ccc(OC)c(O)c1)NCC1CC1.I. The topological polar surface area (TPSA) is 65.9 Å². The molecule has 0 heterocycles. The number of guanidine groups is 1. The molecule has 118 valence electrons. The average Bonchev–Trinajstić information content (AvgIpc) is 3.26. The second kappa shape index (κ2) is 8.96. The Morgan fingerprint density at radius 3 is 2.71 bits per heavy atom. The number of phenolic OH excluding ortho intramolecular Hbond substituents is 1. The van der Waals surface area contributed by atoms with Gasteiger partial charge in [-0.1, -0.05) is 6.07 Å². The highest BCUT2D eigenvalue weighted by Crippen LogP contribution is 2.27. The molecule has 0 unspecified atom stereocenters. The Labute approximate surface area is 143 Å². The van der Waals surface area contributed by atoms with Crippen molar-refractivity contribution in [3.63, 3.8) is 0 Å². The lowest BCUT2D eigenvalue weighted by Crippen LogP contribution is -2.38. The standard InChI is InChI=1S/C15H23N3O2.HI/c1-3-16-15(17-9-11-4-5-11)18-10-12-6-7-14(20-2)13(19)8-12;/h6-8,11,19H,3-5,9-10H2,1-2H3,(H2,16,17,18);1H. The molecule has 1 aliphatic rings. The molecule has 2 rings (SSSR count). The second-order valence-electron chi connectivity index (χ2n) is 5.03. The van der Waals surface area contributed by atoms with Crippen LogP contribution in [0.15, 0.2) is 23.2 Å². The molecule has 0 saturated heterocycles. The Morgan fingerprint density at radius 1 is 1.38 bits per heavy atom. The number of hydrogen-bond donors (Lipinski definition) is 3. The predicted molar refractivity (Wildman–Crippen MR) is 95.6 cm³/mol. The number of hydrogen-bond acceptors (Lipinski definition) is 3. The lowest BCUT2D eigenvalue weighted by Gasteiger charge is -2.11. The van der Waals surface area contributed by atoms with Gasteiger partial charge in [0.2, 0.25) is 0 Å². The van der Waals surface area contributed by atoms with E-state index >= 15 is 0 Å². The van der Waals surface area contributed by atoms with Crippen LogP contribution in [-0.2, 0) is 6.54 Å². The van der Waals surface area contributed by atoms with Crippen LogP contribution in [0.4, 0.5) is 0 Å². The fraction of sp³-hybridized carbons (Fsp3) is 0.533. The number of rotatable bonds is 6. The average molecular weight is 405 g/mol. The van der Waals surface area contributed by atoms with Gasteiger partial charge in [-0.25, -0.2) is 4.99 Å². The molecule has 0 aromatic heterocycles. The van der Waals surface area contributed by atoms with E-state index < -0.39 is 0 Å².